The molecule has 0 saturated carbocycles. The zero-order valence-electron chi connectivity index (χ0n) is 14.3. The fourth-order valence-electron chi connectivity index (χ4n) is 2.29. The van der Waals surface area contributed by atoms with Crippen LogP contribution >= 0.6 is 23.1 Å². The quantitative estimate of drug-likeness (QED) is 0.345. The summed E-state index contributed by atoms with van der Waals surface area (Å²) in [7, 11) is 1.39. The van der Waals surface area contributed by atoms with Crippen molar-refractivity contribution in [1.82, 2.24) is 4.98 Å². The molecule has 0 atom stereocenters. The van der Waals surface area contributed by atoms with Gasteiger partial charge in [-0.05, 0) is 12.1 Å². The van der Waals surface area contributed by atoms with Crippen LogP contribution in [0, 0.1) is 20.2 Å². The molecule has 1 aromatic heterocycles. The number of ether oxygens (including phenoxy) is 1. The van der Waals surface area contributed by atoms with Gasteiger partial charge in [-0.1, -0.05) is 11.8 Å². The van der Waals surface area contributed by atoms with E-state index in [4.69, 9.17) is 4.74 Å². The van der Waals surface area contributed by atoms with Crippen molar-refractivity contribution in [3.63, 3.8) is 0 Å². The summed E-state index contributed by atoms with van der Waals surface area (Å²) in [5, 5.41) is 24.3. The standard InChI is InChI=1S/C16H12N4O6S2/c1-26-13-5-3-9(19(22)23)6-12(13)17-15(21)8-27-16-18-11-4-2-10(20(24)25)7-14(11)28-16/h2-7H,8H2,1H3,(H,17,21). The number of carbonyl (C=O) groups excluding carboxylic acids is 1. The first-order valence-corrected chi connectivity index (χ1v) is 9.47. The van der Waals surface area contributed by atoms with Gasteiger partial charge in [-0.2, -0.15) is 0 Å². The molecule has 0 saturated heterocycles. The van der Waals surface area contributed by atoms with E-state index in [1.165, 1.54) is 48.8 Å². The van der Waals surface area contributed by atoms with E-state index in [0.29, 0.717) is 20.3 Å². The highest BCUT2D eigenvalue weighted by atomic mass is 32.2. The van der Waals surface area contributed by atoms with Crippen LogP contribution in [-0.2, 0) is 4.79 Å². The SMILES string of the molecule is COc1ccc([N+](=O)[O-])cc1NC(=O)CSc1nc2ccc([N+](=O)[O-])cc2s1. The maximum Gasteiger partial charge on any atom is 0.271 e. The second kappa shape index (κ2) is 8.19. The van der Waals surface area contributed by atoms with Crippen LogP contribution < -0.4 is 10.1 Å². The number of aromatic nitrogens is 1. The van der Waals surface area contributed by atoms with Crippen molar-refractivity contribution >= 4 is 56.3 Å². The maximum atomic E-state index is 12.2. The number of rotatable bonds is 7. The first-order valence-electron chi connectivity index (χ1n) is 7.67. The molecule has 0 bridgehead atoms. The summed E-state index contributed by atoms with van der Waals surface area (Å²) in [5.74, 6) is -0.0846. The molecule has 28 heavy (non-hydrogen) atoms. The highest BCUT2D eigenvalue weighted by Gasteiger charge is 2.15. The van der Waals surface area contributed by atoms with E-state index in [-0.39, 0.29) is 22.8 Å². The molecule has 144 valence electrons. The highest BCUT2D eigenvalue weighted by Crippen LogP contribution is 2.32. The van der Waals surface area contributed by atoms with Crippen molar-refractivity contribution in [3.05, 3.63) is 56.6 Å². The van der Waals surface area contributed by atoms with Crippen LogP contribution in [0.25, 0.3) is 10.2 Å². The number of nitro benzene ring substituents is 2. The third-order valence-corrected chi connectivity index (χ3v) is 5.72. The van der Waals surface area contributed by atoms with Crippen molar-refractivity contribution in [3.8, 4) is 5.75 Å². The Hall–Kier alpha value is -3.25. The van der Waals surface area contributed by atoms with E-state index in [1.54, 1.807) is 6.07 Å². The zero-order valence-corrected chi connectivity index (χ0v) is 15.9. The average Bonchev–Trinajstić information content (AvgIpc) is 3.08. The topological polar surface area (TPSA) is 138 Å². The lowest BCUT2D eigenvalue weighted by Gasteiger charge is -2.09. The summed E-state index contributed by atoms with van der Waals surface area (Å²) in [6.07, 6.45) is 0. The minimum atomic E-state index is -0.565. The number of carbonyl (C=O) groups is 1. The summed E-state index contributed by atoms with van der Waals surface area (Å²) < 4.78 is 6.34. The van der Waals surface area contributed by atoms with Crippen LogP contribution in [-0.4, -0.2) is 33.6 Å². The van der Waals surface area contributed by atoms with Crippen molar-refractivity contribution in [1.29, 1.82) is 0 Å². The van der Waals surface area contributed by atoms with E-state index >= 15 is 0 Å². The van der Waals surface area contributed by atoms with E-state index in [2.05, 4.69) is 10.3 Å². The maximum absolute atomic E-state index is 12.2. The third kappa shape index (κ3) is 4.35. The average molecular weight is 420 g/mol. The largest absolute Gasteiger partial charge is 0.495 e. The fraction of sp³-hybridized carbons (Fsp3) is 0.125. The molecule has 1 heterocycles. The Bertz CT molecular complexity index is 1080. The monoisotopic (exact) mass is 420 g/mol. The minimum Gasteiger partial charge on any atom is -0.495 e. The van der Waals surface area contributed by atoms with E-state index < -0.39 is 15.8 Å². The van der Waals surface area contributed by atoms with Gasteiger partial charge in [0.15, 0.2) is 4.34 Å². The second-order valence-corrected chi connectivity index (χ2v) is 7.62. The molecule has 3 rings (SSSR count). The summed E-state index contributed by atoms with van der Waals surface area (Å²) in [6.45, 7) is 0. The number of hydrogen-bond donors (Lipinski definition) is 1. The lowest BCUT2D eigenvalue weighted by molar-refractivity contribution is -0.384. The summed E-state index contributed by atoms with van der Waals surface area (Å²) in [4.78, 5) is 37.2. The van der Waals surface area contributed by atoms with Gasteiger partial charge in [0.2, 0.25) is 5.91 Å². The molecule has 0 spiro atoms. The predicted octanol–water partition coefficient (Wildman–Crippen LogP) is 3.85. The van der Waals surface area contributed by atoms with Gasteiger partial charge in [-0.15, -0.1) is 11.3 Å². The Morgan fingerprint density at radius 1 is 1.18 bits per heavy atom. The molecule has 0 aliphatic heterocycles. The molecule has 3 aromatic rings. The molecule has 1 N–H and O–H groups in total. The Labute approximate surface area is 165 Å². The first kappa shape index (κ1) is 19.5. The van der Waals surface area contributed by atoms with Gasteiger partial charge in [-0.3, -0.25) is 25.0 Å². The van der Waals surface area contributed by atoms with Crippen molar-refractivity contribution in [2.75, 3.05) is 18.2 Å². The number of thiazole rings is 1. The van der Waals surface area contributed by atoms with Gasteiger partial charge < -0.3 is 10.1 Å². The van der Waals surface area contributed by atoms with Gasteiger partial charge in [0.1, 0.15) is 5.75 Å². The molecule has 2 aromatic carbocycles. The number of thioether (sulfide) groups is 1. The molecule has 0 radical (unpaired) electrons. The Kier molecular flexibility index (Phi) is 5.70. The summed E-state index contributed by atoms with van der Waals surface area (Å²) >= 11 is 2.41. The number of nitrogens with one attached hydrogen (secondary N) is 1. The normalized spacial score (nSPS) is 10.6. The number of nitrogens with zero attached hydrogens (tertiary/aromatic N) is 3. The van der Waals surface area contributed by atoms with Crippen LogP contribution in [0.3, 0.4) is 0 Å². The van der Waals surface area contributed by atoms with Crippen molar-refractivity contribution in [2.45, 2.75) is 4.34 Å². The number of amides is 1. The molecule has 0 unspecified atom stereocenters. The van der Waals surface area contributed by atoms with E-state index in [1.807, 2.05) is 0 Å². The van der Waals surface area contributed by atoms with Crippen molar-refractivity contribution in [2.24, 2.45) is 0 Å². The van der Waals surface area contributed by atoms with Crippen LogP contribution in [0.15, 0.2) is 40.7 Å². The number of methoxy groups -OCH3 is 1. The first-order chi connectivity index (χ1) is 13.4. The predicted molar refractivity (Wildman–Crippen MR) is 105 cm³/mol. The van der Waals surface area contributed by atoms with Crippen LogP contribution in [0.1, 0.15) is 0 Å². The number of hydrogen-bond acceptors (Lipinski definition) is 9. The number of non-ortho nitro benzene ring substituents is 2. The van der Waals surface area contributed by atoms with Gasteiger partial charge in [0.05, 0.1) is 38.6 Å². The van der Waals surface area contributed by atoms with Crippen LogP contribution in [0.5, 0.6) is 5.75 Å². The van der Waals surface area contributed by atoms with E-state index in [9.17, 15) is 25.0 Å². The molecular formula is C16H12N4O6S2. The number of fused-ring (bicyclic) bond motifs is 1. The Balaban J connectivity index is 1.69. The van der Waals surface area contributed by atoms with Crippen LogP contribution in [0.2, 0.25) is 0 Å². The molecule has 0 aliphatic rings. The Morgan fingerprint density at radius 2 is 1.86 bits per heavy atom. The van der Waals surface area contributed by atoms with E-state index in [0.717, 1.165) is 11.8 Å². The molecular weight excluding hydrogens is 408 g/mol. The second-order valence-electron chi connectivity index (χ2n) is 5.37. The number of benzene rings is 2. The number of anilines is 1. The third-order valence-electron chi connectivity index (χ3n) is 3.56. The van der Waals surface area contributed by atoms with Crippen LogP contribution in [0.4, 0.5) is 17.1 Å². The molecule has 0 aliphatic carbocycles. The smallest absolute Gasteiger partial charge is 0.271 e. The van der Waals surface area contributed by atoms with Crippen molar-refractivity contribution < 1.29 is 19.4 Å². The lowest BCUT2D eigenvalue weighted by Crippen LogP contribution is -2.14. The Morgan fingerprint density at radius 3 is 2.54 bits per heavy atom. The van der Waals surface area contributed by atoms with Gasteiger partial charge in [0.25, 0.3) is 11.4 Å². The number of nitro groups is 2. The highest BCUT2D eigenvalue weighted by molar-refractivity contribution is 8.01. The van der Waals surface area contributed by atoms with Gasteiger partial charge in [0, 0.05) is 24.3 Å². The molecule has 10 nitrogen and oxygen atoms in total. The summed E-state index contributed by atoms with van der Waals surface area (Å²) in [6, 6.07) is 8.27. The van der Waals surface area contributed by atoms with Gasteiger partial charge >= 0.3 is 0 Å². The molecule has 12 heteroatoms. The van der Waals surface area contributed by atoms with Gasteiger partial charge in [-0.25, -0.2) is 4.98 Å². The molecule has 0 fully saturated rings. The minimum absolute atomic E-state index is 0.00770. The summed E-state index contributed by atoms with van der Waals surface area (Å²) in [5.41, 5.74) is 0.612. The fourth-order valence-corrected chi connectivity index (χ4v) is 4.19. The lowest BCUT2D eigenvalue weighted by atomic mass is 10.2. The zero-order chi connectivity index (χ0) is 20.3. The molecule has 1 amide bonds.